The molecule has 1 aliphatic heterocycles. The van der Waals surface area contributed by atoms with Gasteiger partial charge in [-0.05, 0) is 43.0 Å². The number of anilines is 1. The lowest BCUT2D eigenvalue weighted by Gasteiger charge is -2.05. The van der Waals surface area contributed by atoms with E-state index in [4.69, 9.17) is 0 Å². The van der Waals surface area contributed by atoms with E-state index in [1.54, 1.807) is 0 Å². The first-order chi connectivity index (χ1) is 7.33. The summed E-state index contributed by atoms with van der Waals surface area (Å²) in [6, 6.07) is 6.34. The molecule has 1 aromatic rings. The van der Waals surface area contributed by atoms with Gasteiger partial charge in [-0.25, -0.2) is 0 Å². The van der Waals surface area contributed by atoms with Gasteiger partial charge in [0.05, 0.1) is 0 Å². The van der Waals surface area contributed by atoms with Gasteiger partial charge < -0.3 is 10.6 Å². The zero-order valence-electron chi connectivity index (χ0n) is 8.95. The SMILES string of the molecule is Cl.O=C(NC1CC1)c1ccc2c(c1)CCN2. The van der Waals surface area contributed by atoms with E-state index in [0.29, 0.717) is 6.04 Å². The molecule has 86 valence electrons. The Hall–Kier alpha value is -1.22. The fourth-order valence-electron chi connectivity index (χ4n) is 1.94. The van der Waals surface area contributed by atoms with Crippen LogP contribution >= 0.6 is 12.4 Å². The van der Waals surface area contributed by atoms with Gasteiger partial charge in [0.25, 0.3) is 5.91 Å². The zero-order chi connectivity index (χ0) is 10.3. The third-order valence-corrected chi connectivity index (χ3v) is 2.99. The van der Waals surface area contributed by atoms with Crippen molar-refractivity contribution in [3.8, 4) is 0 Å². The largest absolute Gasteiger partial charge is 0.384 e. The second-order valence-electron chi connectivity index (χ2n) is 4.30. The molecule has 0 atom stereocenters. The molecule has 1 saturated carbocycles. The van der Waals surface area contributed by atoms with Gasteiger partial charge in [-0.2, -0.15) is 0 Å². The lowest BCUT2D eigenvalue weighted by Crippen LogP contribution is -2.25. The monoisotopic (exact) mass is 238 g/mol. The molecule has 2 N–H and O–H groups in total. The predicted molar refractivity (Wildman–Crippen MR) is 66.4 cm³/mol. The van der Waals surface area contributed by atoms with Crippen molar-refractivity contribution in [3.05, 3.63) is 29.3 Å². The van der Waals surface area contributed by atoms with Gasteiger partial charge in [0.1, 0.15) is 0 Å². The van der Waals surface area contributed by atoms with Crippen molar-refractivity contribution < 1.29 is 4.79 Å². The molecule has 3 nitrogen and oxygen atoms in total. The highest BCUT2D eigenvalue weighted by molar-refractivity contribution is 5.95. The van der Waals surface area contributed by atoms with Crippen molar-refractivity contribution in [1.82, 2.24) is 5.32 Å². The Morgan fingerprint density at radius 1 is 1.38 bits per heavy atom. The number of amides is 1. The van der Waals surface area contributed by atoms with Crippen LogP contribution in [0.15, 0.2) is 18.2 Å². The molecule has 2 aliphatic rings. The van der Waals surface area contributed by atoms with E-state index in [0.717, 1.165) is 31.4 Å². The average molecular weight is 239 g/mol. The minimum atomic E-state index is 0. The Labute approximate surface area is 101 Å². The molecule has 0 bridgehead atoms. The molecule has 1 heterocycles. The first-order valence-electron chi connectivity index (χ1n) is 5.50. The van der Waals surface area contributed by atoms with Gasteiger partial charge in [-0.1, -0.05) is 0 Å². The third kappa shape index (κ3) is 2.14. The van der Waals surface area contributed by atoms with E-state index in [2.05, 4.69) is 10.6 Å². The van der Waals surface area contributed by atoms with Crippen LogP contribution in [-0.4, -0.2) is 18.5 Å². The summed E-state index contributed by atoms with van der Waals surface area (Å²) in [5.74, 6) is 0.0761. The second kappa shape index (κ2) is 4.34. The van der Waals surface area contributed by atoms with Crippen LogP contribution in [0.5, 0.6) is 0 Å². The number of hydrogen-bond donors (Lipinski definition) is 2. The molecule has 0 saturated heterocycles. The summed E-state index contributed by atoms with van der Waals surface area (Å²) in [6.45, 7) is 0.989. The molecule has 0 spiro atoms. The quantitative estimate of drug-likeness (QED) is 0.827. The molecule has 0 unspecified atom stereocenters. The molecular weight excluding hydrogens is 224 g/mol. The van der Waals surface area contributed by atoms with Crippen LogP contribution in [0.1, 0.15) is 28.8 Å². The van der Waals surface area contributed by atoms with E-state index in [1.165, 1.54) is 11.3 Å². The van der Waals surface area contributed by atoms with Gasteiger partial charge >= 0.3 is 0 Å². The van der Waals surface area contributed by atoms with Crippen molar-refractivity contribution in [2.45, 2.75) is 25.3 Å². The van der Waals surface area contributed by atoms with Gasteiger partial charge in [0.15, 0.2) is 0 Å². The van der Waals surface area contributed by atoms with Gasteiger partial charge in [0, 0.05) is 23.8 Å². The summed E-state index contributed by atoms with van der Waals surface area (Å²) in [6.07, 6.45) is 3.30. The van der Waals surface area contributed by atoms with Gasteiger partial charge in [-0.15, -0.1) is 12.4 Å². The standard InChI is InChI=1S/C12H14N2O.ClH/c15-12(14-10-2-3-10)9-1-4-11-8(7-9)5-6-13-11;/h1,4,7,10,13H,2-3,5-6H2,(H,14,15);1H. The molecule has 1 fully saturated rings. The minimum absolute atomic E-state index is 0. The Bertz CT molecular complexity index is 415. The van der Waals surface area contributed by atoms with Crippen LogP contribution < -0.4 is 10.6 Å². The highest BCUT2D eigenvalue weighted by atomic mass is 35.5. The molecule has 1 amide bonds. The lowest BCUT2D eigenvalue weighted by molar-refractivity contribution is 0.0951. The first-order valence-corrected chi connectivity index (χ1v) is 5.50. The fraction of sp³-hybridized carbons (Fsp3) is 0.417. The first kappa shape index (κ1) is 11.3. The summed E-state index contributed by atoms with van der Waals surface area (Å²) < 4.78 is 0. The predicted octanol–water partition coefficient (Wildman–Crippen LogP) is 1.97. The number of carbonyl (C=O) groups is 1. The van der Waals surface area contributed by atoms with E-state index >= 15 is 0 Å². The molecule has 1 aliphatic carbocycles. The maximum atomic E-state index is 11.8. The van der Waals surface area contributed by atoms with Crippen LogP contribution in [0, 0.1) is 0 Å². The van der Waals surface area contributed by atoms with E-state index < -0.39 is 0 Å². The zero-order valence-corrected chi connectivity index (χ0v) is 9.77. The number of halogens is 1. The second-order valence-corrected chi connectivity index (χ2v) is 4.30. The molecule has 16 heavy (non-hydrogen) atoms. The summed E-state index contributed by atoms with van der Waals surface area (Å²) in [5.41, 5.74) is 3.24. The van der Waals surface area contributed by atoms with E-state index in [-0.39, 0.29) is 18.3 Å². The fourth-order valence-corrected chi connectivity index (χ4v) is 1.94. The average Bonchev–Trinajstić information content (AvgIpc) is 2.94. The normalized spacial score (nSPS) is 17.0. The van der Waals surface area contributed by atoms with Crippen molar-refractivity contribution in [2.75, 3.05) is 11.9 Å². The molecule has 3 rings (SSSR count). The summed E-state index contributed by atoms with van der Waals surface area (Å²) in [5, 5.41) is 6.29. The summed E-state index contributed by atoms with van der Waals surface area (Å²) in [4.78, 5) is 11.8. The Morgan fingerprint density at radius 2 is 2.19 bits per heavy atom. The Morgan fingerprint density at radius 3 is 2.94 bits per heavy atom. The number of benzene rings is 1. The van der Waals surface area contributed by atoms with Crippen LogP contribution in [0.3, 0.4) is 0 Å². The highest BCUT2D eigenvalue weighted by Crippen LogP contribution is 2.24. The van der Waals surface area contributed by atoms with E-state index in [1.807, 2.05) is 18.2 Å². The van der Waals surface area contributed by atoms with Crippen LogP contribution in [0.4, 0.5) is 5.69 Å². The smallest absolute Gasteiger partial charge is 0.251 e. The number of carbonyl (C=O) groups excluding carboxylic acids is 1. The summed E-state index contributed by atoms with van der Waals surface area (Å²) >= 11 is 0. The minimum Gasteiger partial charge on any atom is -0.384 e. The number of hydrogen-bond acceptors (Lipinski definition) is 2. The van der Waals surface area contributed by atoms with Crippen molar-refractivity contribution in [3.63, 3.8) is 0 Å². The van der Waals surface area contributed by atoms with Crippen molar-refractivity contribution >= 4 is 24.0 Å². The van der Waals surface area contributed by atoms with Crippen molar-refractivity contribution in [1.29, 1.82) is 0 Å². The Balaban J connectivity index is 0.000000963. The highest BCUT2D eigenvalue weighted by Gasteiger charge is 2.24. The lowest BCUT2D eigenvalue weighted by atomic mass is 10.1. The van der Waals surface area contributed by atoms with Gasteiger partial charge in [0.2, 0.25) is 0 Å². The molecule has 0 radical (unpaired) electrons. The number of fused-ring (bicyclic) bond motifs is 1. The van der Waals surface area contributed by atoms with Gasteiger partial charge in [-0.3, -0.25) is 4.79 Å². The molecule has 1 aromatic carbocycles. The van der Waals surface area contributed by atoms with E-state index in [9.17, 15) is 4.79 Å². The molecular formula is C12H15ClN2O. The topological polar surface area (TPSA) is 41.1 Å². The number of rotatable bonds is 2. The molecule has 0 aromatic heterocycles. The maximum Gasteiger partial charge on any atom is 0.251 e. The number of nitrogens with one attached hydrogen (secondary N) is 2. The van der Waals surface area contributed by atoms with Crippen LogP contribution in [0.2, 0.25) is 0 Å². The van der Waals surface area contributed by atoms with Crippen molar-refractivity contribution in [2.24, 2.45) is 0 Å². The van der Waals surface area contributed by atoms with Crippen LogP contribution in [0.25, 0.3) is 0 Å². The molecule has 4 heteroatoms. The van der Waals surface area contributed by atoms with Crippen LogP contribution in [-0.2, 0) is 6.42 Å². The third-order valence-electron chi connectivity index (χ3n) is 2.99. The summed E-state index contributed by atoms with van der Waals surface area (Å²) in [7, 11) is 0. The Kier molecular flexibility index (Phi) is 3.06. The maximum absolute atomic E-state index is 11.8.